The summed E-state index contributed by atoms with van der Waals surface area (Å²) in [7, 11) is -3.60. The van der Waals surface area contributed by atoms with Gasteiger partial charge < -0.3 is 24.0 Å². The van der Waals surface area contributed by atoms with E-state index in [1.807, 2.05) is 0 Å². The van der Waals surface area contributed by atoms with E-state index in [1.54, 1.807) is 0 Å². The molecule has 0 bridgehead atoms. The number of rotatable bonds is 40. The average molecular weight is 804 g/mol. The molecule has 55 heavy (non-hydrogen) atoms. The first-order valence-corrected chi connectivity index (χ1v) is 23.6. The third-order valence-electron chi connectivity index (χ3n) is 9.62. The zero-order chi connectivity index (χ0) is 40.9. The lowest BCUT2D eigenvalue weighted by Gasteiger charge is -2.19. The molecular formula is C44H85NO9S. The molecule has 0 saturated carbocycles. The Morgan fingerprint density at radius 1 is 0.527 bits per heavy atom. The predicted molar refractivity (Wildman–Crippen MR) is 225 cm³/mol. The number of hydrogen-bond donors (Lipinski definition) is 2. The van der Waals surface area contributed by atoms with E-state index in [2.05, 4.69) is 42.3 Å². The summed E-state index contributed by atoms with van der Waals surface area (Å²) >= 11 is 0. The highest BCUT2D eigenvalue weighted by molar-refractivity contribution is 7.80. The lowest BCUT2D eigenvalue weighted by molar-refractivity contribution is -0.900. The van der Waals surface area contributed by atoms with Crippen LogP contribution in [-0.4, -0.2) is 76.6 Å². The summed E-state index contributed by atoms with van der Waals surface area (Å²) in [4.78, 5) is 25.6. The molecule has 11 heteroatoms. The normalized spacial score (nSPS) is 12.2. The van der Waals surface area contributed by atoms with Gasteiger partial charge in [-0.1, -0.05) is 141 Å². The zero-order valence-electron chi connectivity index (χ0n) is 35.7. The smallest absolute Gasteiger partial charge is 0.305 e. The fourth-order valence-corrected chi connectivity index (χ4v) is 6.15. The van der Waals surface area contributed by atoms with Gasteiger partial charge in [-0.2, -0.15) is 0 Å². The van der Waals surface area contributed by atoms with Gasteiger partial charge in [0.15, 0.2) is 0 Å². The maximum atomic E-state index is 12.2. The number of unbranched alkanes of at least 4 members (excludes halogenated alkanes) is 22. The monoisotopic (exact) mass is 804 g/mol. The van der Waals surface area contributed by atoms with Crippen LogP contribution in [-0.2, 0) is 33.6 Å². The largest absolute Gasteiger partial charge is 0.726 e. The van der Waals surface area contributed by atoms with Gasteiger partial charge in [0.2, 0.25) is 10.4 Å². The molecule has 2 N–H and O–H groups in total. The van der Waals surface area contributed by atoms with Gasteiger partial charge in [-0.25, -0.2) is 8.42 Å². The van der Waals surface area contributed by atoms with Crippen molar-refractivity contribution >= 4 is 22.3 Å². The van der Waals surface area contributed by atoms with E-state index in [0.717, 1.165) is 39.3 Å². The highest BCUT2D eigenvalue weighted by Crippen LogP contribution is 2.12. The standard InChI is InChI=1S/C43H81NO5.CH4O4S/c1-3-5-7-9-11-13-15-17-19-21-23-25-27-29-31-34-42(46)48-40-37-44(36-33-39-45)38-41-49-43(47)35-32-30-28-26-24-22-20-18-16-14-12-10-8-6-4-2;1-5-6(2,3)4/h17-20,45H,3-16,21-41H2,1-2H3;1H3,(H,2,3,4)/b19-17-,20-18+;. The second-order valence-corrected chi connectivity index (χ2v) is 15.9. The van der Waals surface area contributed by atoms with Crippen molar-refractivity contribution in [1.82, 2.24) is 0 Å². The molecule has 0 aliphatic heterocycles. The Labute approximate surface area is 338 Å². The van der Waals surface area contributed by atoms with Crippen LogP contribution < -0.4 is 4.90 Å². The summed E-state index contributed by atoms with van der Waals surface area (Å²) in [5, 5.41) is 9.28. The summed E-state index contributed by atoms with van der Waals surface area (Å²) in [6.45, 7) is 7.51. The second kappa shape index (κ2) is 44.9. The summed E-state index contributed by atoms with van der Waals surface area (Å²) in [6, 6.07) is 0. The van der Waals surface area contributed by atoms with Crippen LogP contribution in [0.3, 0.4) is 0 Å². The molecule has 1 unspecified atom stereocenters. The molecule has 0 rings (SSSR count). The number of allylic oxidation sites excluding steroid dienone is 4. The van der Waals surface area contributed by atoms with Crippen LogP contribution in [0.25, 0.3) is 0 Å². The third kappa shape index (κ3) is 50.2. The molecule has 0 aromatic heterocycles. The zero-order valence-corrected chi connectivity index (χ0v) is 36.5. The van der Waals surface area contributed by atoms with Crippen molar-refractivity contribution in [2.45, 2.75) is 200 Å². The molecular weight excluding hydrogens is 719 g/mol. The first-order valence-electron chi connectivity index (χ1n) is 22.3. The Hall–Kier alpha value is -1.79. The van der Waals surface area contributed by atoms with E-state index in [9.17, 15) is 27.7 Å². The molecule has 0 amide bonds. The molecule has 1 atom stereocenters. The van der Waals surface area contributed by atoms with Crippen molar-refractivity contribution < 1.29 is 46.2 Å². The fraction of sp³-hybridized carbons (Fsp3) is 0.864. The van der Waals surface area contributed by atoms with Gasteiger partial charge in [0.05, 0.1) is 13.7 Å². The molecule has 0 radical (unpaired) electrons. The summed E-state index contributed by atoms with van der Waals surface area (Å²) < 4.78 is 42.0. The van der Waals surface area contributed by atoms with E-state index in [-0.39, 0.29) is 18.5 Å². The molecule has 0 aliphatic carbocycles. The molecule has 0 aromatic rings. The number of esters is 2. The fourth-order valence-electron chi connectivity index (χ4n) is 6.15. The van der Waals surface area contributed by atoms with E-state index in [4.69, 9.17) is 9.47 Å². The lowest BCUT2D eigenvalue weighted by Crippen LogP contribution is -3.13. The molecule has 10 nitrogen and oxygen atoms in total. The van der Waals surface area contributed by atoms with Crippen molar-refractivity contribution in [2.75, 3.05) is 46.6 Å². The predicted octanol–water partition coefficient (Wildman–Crippen LogP) is 9.51. The highest BCUT2D eigenvalue weighted by Gasteiger charge is 2.12. The summed E-state index contributed by atoms with van der Waals surface area (Å²) in [5.41, 5.74) is 0. The Morgan fingerprint density at radius 2 is 0.836 bits per heavy atom. The number of ether oxygens (including phenoxy) is 2. The van der Waals surface area contributed by atoms with Crippen LogP contribution >= 0.6 is 0 Å². The maximum Gasteiger partial charge on any atom is 0.305 e. The summed E-state index contributed by atoms with van der Waals surface area (Å²) in [6.07, 6.45) is 43.4. The van der Waals surface area contributed by atoms with Crippen LogP contribution in [0.5, 0.6) is 0 Å². The molecule has 0 aromatic carbocycles. The van der Waals surface area contributed by atoms with Crippen LogP contribution in [0.2, 0.25) is 0 Å². The number of aliphatic hydroxyl groups is 1. The van der Waals surface area contributed by atoms with E-state index in [1.165, 1.54) is 146 Å². The minimum absolute atomic E-state index is 0.120. The highest BCUT2D eigenvalue weighted by atomic mass is 32.3. The van der Waals surface area contributed by atoms with Crippen LogP contribution in [0.4, 0.5) is 0 Å². The molecule has 0 saturated heterocycles. The minimum Gasteiger partial charge on any atom is -0.726 e. The van der Waals surface area contributed by atoms with Crippen molar-refractivity contribution in [2.24, 2.45) is 0 Å². The number of nitrogens with one attached hydrogen (secondary N) is 1. The van der Waals surface area contributed by atoms with Gasteiger partial charge in [0.1, 0.15) is 26.3 Å². The quantitative estimate of drug-likeness (QED) is 0.0204. The molecule has 326 valence electrons. The van der Waals surface area contributed by atoms with Gasteiger partial charge >= 0.3 is 11.9 Å². The number of carbonyl (C=O) groups is 2. The van der Waals surface area contributed by atoms with Crippen LogP contribution in [0.1, 0.15) is 200 Å². The molecule has 0 spiro atoms. The molecule has 0 aliphatic rings. The van der Waals surface area contributed by atoms with E-state index >= 15 is 0 Å². The Bertz CT molecular complexity index is 930. The Morgan fingerprint density at radius 3 is 1.15 bits per heavy atom. The number of carbonyl (C=O) groups excluding carboxylic acids is 2. The topological polar surface area (TPSA) is 144 Å². The van der Waals surface area contributed by atoms with E-state index < -0.39 is 10.4 Å². The number of hydrogen-bond acceptors (Lipinski definition) is 9. The lowest BCUT2D eigenvalue weighted by atomic mass is 10.1. The van der Waals surface area contributed by atoms with Crippen molar-refractivity contribution in [3.8, 4) is 0 Å². The van der Waals surface area contributed by atoms with Gasteiger partial charge in [-0.15, -0.1) is 0 Å². The second-order valence-electron chi connectivity index (χ2n) is 14.8. The van der Waals surface area contributed by atoms with Crippen molar-refractivity contribution in [1.29, 1.82) is 0 Å². The number of aliphatic hydroxyl groups excluding tert-OH is 1. The van der Waals surface area contributed by atoms with Gasteiger partial charge in [-0.3, -0.25) is 13.8 Å². The van der Waals surface area contributed by atoms with Gasteiger partial charge in [0.25, 0.3) is 0 Å². The van der Waals surface area contributed by atoms with Crippen molar-refractivity contribution in [3.05, 3.63) is 24.3 Å². The van der Waals surface area contributed by atoms with Crippen molar-refractivity contribution in [3.63, 3.8) is 0 Å². The SMILES string of the molecule is CCCCCCCC/C=C\CCCCCCCC(=O)OCC[NH+](CCCO)CCOC(=O)CCCCCCC/C=C/CCCCCCCC.COS(=O)(=O)[O-]. The third-order valence-corrected chi connectivity index (χ3v) is 10.0. The molecule has 0 fully saturated rings. The Kier molecular flexibility index (Phi) is 45.2. The van der Waals surface area contributed by atoms with Crippen LogP contribution in [0.15, 0.2) is 24.3 Å². The van der Waals surface area contributed by atoms with E-state index in [0.29, 0.717) is 45.6 Å². The number of quaternary nitrogens is 1. The molecule has 0 heterocycles. The average Bonchev–Trinajstić information content (AvgIpc) is 3.16. The van der Waals surface area contributed by atoms with Crippen LogP contribution in [0, 0.1) is 0 Å². The minimum atomic E-state index is -4.41. The first kappa shape index (κ1) is 55.3. The summed E-state index contributed by atoms with van der Waals surface area (Å²) in [5.74, 6) is -0.240. The maximum absolute atomic E-state index is 12.2. The Balaban J connectivity index is 0. The van der Waals surface area contributed by atoms with Gasteiger partial charge in [0, 0.05) is 25.9 Å². The first-order chi connectivity index (χ1) is 26.7. The van der Waals surface area contributed by atoms with Gasteiger partial charge in [-0.05, 0) is 64.2 Å².